The number of ether oxygens (including phenoxy) is 3. The van der Waals surface area contributed by atoms with Crippen LogP contribution in [0.2, 0.25) is 0 Å². The number of carbonyl (C=O) groups excluding carboxylic acids is 2. The molecule has 0 saturated heterocycles. The van der Waals surface area contributed by atoms with Crippen LogP contribution in [0.1, 0.15) is 114 Å². The Balaban J connectivity index is 2.54. The second-order valence-electron chi connectivity index (χ2n) is 16.9. The summed E-state index contributed by atoms with van der Waals surface area (Å²) < 4.78 is 23.8. The van der Waals surface area contributed by atoms with Gasteiger partial charge in [-0.2, -0.15) is 0 Å². The highest BCUT2D eigenvalue weighted by Crippen LogP contribution is 2.65. The number of alkyl carbamates (subject to hydrolysis) is 2. The molecule has 0 aromatic heterocycles. The number of nitrogens with one attached hydrogen (secondary N) is 2. The zero-order valence-corrected chi connectivity index (χ0v) is 33.6. The summed E-state index contributed by atoms with van der Waals surface area (Å²) in [6.45, 7) is 22.9. The van der Waals surface area contributed by atoms with Gasteiger partial charge in [-0.05, 0) is 101 Å². The van der Waals surface area contributed by atoms with E-state index in [1.165, 1.54) is 18.6 Å². The van der Waals surface area contributed by atoms with Crippen molar-refractivity contribution in [3.63, 3.8) is 0 Å². The van der Waals surface area contributed by atoms with Crippen molar-refractivity contribution < 1.29 is 33.1 Å². The Hall–Kier alpha value is -0.880. The van der Waals surface area contributed by atoms with Crippen LogP contribution >= 0.6 is 20.3 Å². The summed E-state index contributed by atoms with van der Waals surface area (Å²) in [6.07, 6.45) is 14.5. The van der Waals surface area contributed by atoms with Crippen molar-refractivity contribution in [1.29, 1.82) is 0 Å². The van der Waals surface area contributed by atoms with Crippen molar-refractivity contribution >= 4 is 32.5 Å². The van der Waals surface area contributed by atoms with E-state index in [0.29, 0.717) is 32.6 Å². The first-order chi connectivity index (χ1) is 20.8. The van der Waals surface area contributed by atoms with E-state index < -0.39 is 38.1 Å². The molecule has 0 spiro atoms. The minimum absolute atomic E-state index is 0.0239. The maximum Gasteiger partial charge on any atom is 0.407 e. The van der Waals surface area contributed by atoms with Crippen molar-refractivity contribution in [1.82, 2.24) is 10.6 Å². The second-order valence-corrected chi connectivity index (χ2v) is 25.2. The Morgan fingerprint density at radius 1 is 0.913 bits per heavy atom. The molecule has 1 saturated carbocycles. The lowest BCUT2D eigenvalue weighted by atomic mass is 9.62. The van der Waals surface area contributed by atoms with E-state index in [1.54, 1.807) is 13.8 Å². The van der Waals surface area contributed by atoms with Crippen LogP contribution in [-0.2, 0) is 18.4 Å². The standard InChI is InChI=1S/C35H72N2O7S2/c1-15-16-23-45(11,12)34(8,9)44-46(13,14)33(6,7)18-20-41-21-22-42-30(40)37-28-24-31(2,3)26-35(10,25-28)27-36-29(39)43-32(4,5)17-19-38/h28,38H,15-27H2,1-14H3,(H,36,39)(H,37,40). The molecule has 46 heavy (non-hydrogen) atoms. The number of amides is 2. The van der Waals surface area contributed by atoms with Gasteiger partial charge in [0.25, 0.3) is 0 Å². The van der Waals surface area contributed by atoms with Gasteiger partial charge < -0.3 is 34.1 Å². The highest BCUT2D eigenvalue weighted by Gasteiger charge is 2.43. The molecule has 2 atom stereocenters. The van der Waals surface area contributed by atoms with Crippen LogP contribution < -0.4 is 10.6 Å². The van der Waals surface area contributed by atoms with Gasteiger partial charge in [-0.1, -0.05) is 48.0 Å². The van der Waals surface area contributed by atoms with Crippen molar-refractivity contribution in [3.8, 4) is 0 Å². The molecular formula is C35H72N2O7S2. The lowest BCUT2D eigenvalue weighted by Crippen LogP contribution is -2.51. The Kier molecular flexibility index (Phi) is 16.1. The maximum absolute atomic E-state index is 12.7. The lowest BCUT2D eigenvalue weighted by Gasteiger charge is -2.56. The van der Waals surface area contributed by atoms with Gasteiger partial charge >= 0.3 is 12.2 Å². The Labute approximate surface area is 285 Å². The number of hydrogen-bond acceptors (Lipinski definition) is 7. The number of aliphatic hydroxyl groups excluding tert-OH is 1. The Morgan fingerprint density at radius 2 is 1.54 bits per heavy atom. The third kappa shape index (κ3) is 14.3. The third-order valence-corrected chi connectivity index (χ3v) is 17.8. The molecule has 0 bridgehead atoms. The number of rotatable bonds is 19. The predicted octanol–water partition coefficient (Wildman–Crippen LogP) is 7.97. The van der Waals surface area contributed by atoms with Crippen LogP contribution in [0.3, 0.4) is 0 Å². The van der Waals surface area contributed by atoms with Crippen LogP contribution in [0.25, 0.3) is 0 Å². The SMILES string of the molecule is CCCCS(C)(C)C(C)(C)OS(C)(C)C(C)(C)CCOCCOC(=O)NC1CC(C)(C)CC(C)(CNC(=O)OC(C)(C)CCO)C1. The van der Waals surface area contributed by atoms with Gasteiger partial charge in [-0.15, -0.1) is 10.3 Å². The molecule has 0 heterocycles. The fourth-order valence-electron chi connectivity index (χ4n) is 6.29. The molecule has 1 rings (SSSR count). The minimum atomic E-state index is -1.38. The van der Waals surface area contributed by atoms with Crippen molar-refractivity contribution in [2.24, 2.45) is 10.8 Å². The number of carbonyl (C=O) groups is 2. The molecule has 0 aliphatic heterocycles. The number of aliphatic hydroxyl groups is 1. The molecule has 3 N–H and O–H groups in total. The summed E-state index contributed by atoms with van der Waals surface area (Å²) in [7, 11) is -2.29. The van der Waals surface area contributed by atoms with Crippen molar-refractivity contribution in [3.05, 3.63) is 0 Å². The van der Waals surface area contributed by atoms with Crippen LogP contribution in [-0.4, -0.2) is 102 Å². The molecule has 0 aromatic rings. The highest BCUT2D eigenvalue weighted by atomic mass is 32.3. The number of hydrogen-bond donors (Lipinski definition) is 3. The van der Waals surface area contributed by atoms with Gasteiger partial charge in [0.2, 0.25) is 0 Å². The third-order valence-electron chi connectivity index (χ3n) is 9.90. The molecule has 1 fully saturated rings. The van der Waals surface area contributed by atoms with E-state index in [2.05, 4.69) is 91.0 Å². The lowest BCUT2D eigenvalue weighted by molar-refractivity contribution is 0.0146. The van der Waals surface area contributed by atoms with Gasteiger partial charge in [-0.3, -0.25) is 0 Å². The zero-order valence-electron chi connectivity index (χ0n) is 32.0. The van der Waals surface area contributed by atoms with Crippen LogP contribution in [0.4, 0.5) is 9.59 Å². The minimum Gasteiger partial charge on any atom is -0.447 e. The zero-order chi connectivity index (χ0) is 35.7. The number of unbranched alkanes of at least 4 members (excludes halogenated alkanes) is 1. The first-order valence-electron chi connectivity index (χ1n) is 17.0. The van der Waals surface area contributed by atoms with E-state index in [1.807, 2.05) is 0 Å². The first kappa shape index (κ1) is 43.1. The molecule has 276 valence electrons. The molecule has 9 nitrogen and oxygen atoms in total. The summed E-state index contributed by atoms with van der Waals surface area (Å²) in [4.78, 5) is 25.0. The van der Waals surface area contributed by atoms with E-state index in [4.69, 9.17) is 18.4 Å². The van der Waals surface area contributed by atoms with E-state index in [9.17, 15) is 14.7 Å². The monoisotopic (exact) mass is 696 g/mol. The predicted molar refractivity (Wildman–Crippen MR) is 198 cm³/mol. The van der Waals surface area contributed by atoms with Crippen molar-refractivity contribution in [2.75, 3.05) is 63.7 Å². The van der Waals surface area contributed by atoms with Gasteiger partial charge in [0.1, 0.15) is 17.1 Å². The topological polar surface area (TPSA) is 115 Å². The summed E-state index contributed by atoms with van der Waals surface area (Å²) in [6, 6.07) is -0.0742. The smallest absolute Gasteiger partial charge is 0.407 e. The average molecular weight is 697 g/mol. The average Bonchev–Trinajstić information content (AvgIpc) is 2.86. The molecule has 1 aliphatic carbocycles. The highest BCUT2D eigenvalue weighted by molar-refractivity contribution is 8.34. The van der Waals surface area contributed by atoms with Crippen molar-refractivity contribution in [2.45, 2.75) is 136 Å². The summed E-state index contributed by atoms with van der Waals surface area (Å²) >= 11 is 0. The first-order valence-corrected chi connectivity index (χ1v) is 22.0. The largest absolute Gasteiger partial charge is 0.447 e. The molecule has 0 radical (unpaired) electrons. The molecule has 1 aliphatic rings. The second kappa shape index (κ2) is 17.2. The quantitative estimate of drug-likeness (QED) is 0.117. The van der Waals surface area contributed by atoms with Crippen LogP contribution in [0, 0.1) is 10.8 Å². The summed E-state index contributed by atoms with van der Waals surface area (Å²) in [5, 5.41) is 15.2. The Bertz CT molecular complexity index is 969. The van der Waals surface area contributed by atoms with Gasteiger partial charge in [-0.25, -0.2) is 19.6 Å². The molecular weight excluding hydrogens is 625 g/mol. The van der Waals surface area contributed by atoms with Crippen LogP contribution in [0.5, 0.6) is 0 Å². The van der Waals surface area contributed by atoms with Gasteiger partial charge in [0.15, 0.2) is 0 Å². The maximum atomic E-state index is 12.7. The van der Waals surface area contributed by atoms with Crippen LogP contribution in [0.15, 0.2) is 0 Å². The fraction of sp³-hybridized carbons (Fsp3) is 0.943. The van der Waals surface area contributed by atoms with Gasteiger partial charge in [0, 0.05) is 37.0 Å². The van der Waals surface area contributed by atoms with E-state index in [-0.39, 0.29) is 39.8 Å². The Morgan fingerprint density at radius 3 is 2.13 bits per heavy atom. The molecule has 2 unspecified atom stereocenters. The molecule has 0 aromatic carbocycles. The summed E-state index contributed by atoms with van der Waals surface area (Å²) in [5.41, 5.74) is -0.991. The van der Waals surface area contributed by atoms with Gasteiger partial charge in [0.05, 0.1) is 6.61 Å². The van der Waals surface area contributed by atoms with E-state index in [0.717, 1.165) is 19.3 Å². The molecule has 2 amide bonds. The molecule has 11 heteroatoms. The fourth-order valence-corrected chi connectivity index (χ4v) is 10.8. The van der Waals surface area contributed by atoms with E-state index >= 15 is 0 Å². The summed E-state index contributed by atoms with van der Waals surface area (Å²) in [5.74, 6) is 1.22. The normalized spacial score (nSPS) is 21.8.